The number of nitrogens with one attached hydrogen (secondary N) is 1. The molecule has 2 aromatic rings. The van der Waals surface area contributed by atoms with Crippen LogP contribution in [0.4, 0.5) is 0 Å². The van der Waals surface area contributed by atoms with Gasteiger partial charge in [0.25, 0.3) is 0 Å². The third-order valence-corrected chi connectivity index (χ3v) is 5.52. The Hall–Kier alpha value is -0.930. The van der Waals surface area contributed by atoms with Crippen molar-refractivity contribution in [3.63, 3.8) is 0 Å². The summed E-state index contributed by atoms with van der Waals surface area (Å²) in [5, 5.41) is 4.82. The molecule has 0 radical (unpaired) electrons. The van der Waals surface area contributed by atoms with E-state index in [2.05, 4.69) is 37.4 Å². The standard InChI is InChI=1S/C15H20N2S/c1-3-15(6-8-16-9-7-15)14-17-12-10-11(2)4-5-13(12)18-14/h4-5,10,16H,3,6-9H2,1-2H3. The molecular formula is C15H20N2S. The van der Waals surface area contributed by atoms with Crippen molar-refractivity contribution in [1.82, 2.24) is 10.3 Å². The van der Waals surface area contributed by atoms with Crippen LogP contribution >= 0.6 is 11.3 Å². The summed E-state index contributed by atoms with van der Waals surface area (Å²) in [7, 11) is 0. The number of fused-ring (bicyclic) bond motifs is 1. The molecule has 2 heterocycles. The van der Waals surface area contributed by atoms with E-state index in [9.17, 15) is 0 Å². The van der Waals surface area contributed by atoms with Crippen LogP contribution in [-0.4, -0.2) is 18.1 Å². The Balaban J connectivity index is 2.06. The Labute approximate surface area is 112 Å². The molecule has 1 aliphatic heterocycles. The highest BCUT2D eigenvalue weighted by molar-refractivity contribution is 7.18. The maximum atomic E-state index is 4.93. The molecule has 3 rings (SSSR count). The summed E-state index contributed by atoms with van der Waals surface area (Å²) in [6, 6.07) is 6.61. The second-order valence-electron chi connectivity index (χ2n) is 5.37. The van der Waals surface area contributed by atoms with Gasteiger partial charge in [-0.05, 0) is 57.0 Å². The van der Waals surface area contributed by atoms with Crippen LogP contribution in [0.2, 0.25) is 0 Å². The number of aromatic nitrogens is 1. The van der Waals surface area contributed by atoms with Gasteiger partial charge in [-0.2, -0.15) is 0 Å². The first-order valence-electron chi connectivity index (χ1n) is 6.82. The van der Waals surface area contributed by atoms with Crippen molar-refractivity contribution in [2.75, 3.05) is 13.1 Å². The smallest absolute Gasteiger partial charge is 0.100 e. The van der Waals surface area contributed by atoms with Crippen LogP contribution < -0.4 is 5.32 Å². The lowest BCUT2D eigenvalue weighted by atomic mass is 9.77. The maximum absolute atomic E-state index is 4.93. The summed E-state index contributed by atoms with van der Waals surface area (Å²) in [5.74, 6) is 0. The zero-order valence-electron chi connectivity index (χ0n) is 11.1. The average Bonchev–Trinajstić information content (AvgIpc) is 2.83. The maximum Gasteiger partial charge on any atom is 0.100 e. The van der Waals surface area contributed by atoms with Crippen LogP contribution in [0.3, 0.4) is 0 Å². The topological polar surface area (TPSA) is 24.9 Å². The SMILES string of the molecule is CCC1(c2nc3cc(C)ccc3s2)CCNCC1. The van der Waals surface area contributed by atoms with Crippen LogP contribution in [-0.2, 0) is 5.41 Å². The van der Waals surface area contributed by atoms with Gasteiger partial charge in [0.1, 0.15) is 5.01 Å². The molecular weight excluding hydrogens is 240 g/mol. The van der Waals surface area contributed by atoms with E-state index in [0.717, 1.165) is 13.1 Å². The summed E-state index contributed by atoms with van der Waals surface area (Å²) in [6.45, 7) is 6.70. The van der Waals surface area contributed by atoms with Gasteiger partial charge in [0.15, 0.2) is 0 Å². The van der Waals surface area contributed by atoms with Gasteiger partial charge in [-0.1, -0.05) is 13.0 Å². The second-order valence-corrected chi connectivity index (χ2v) is 6.40. The Morgan fingerprint density at radius 2 is 2.11 bits per heavy atom. The Bertz CT molecular complexity index is 553. The fourth-order valence-electron chi connectivity index (χ4n) is 2.89. The summed E-state index contributed by atoms with van der Waals surface area (Å²) >= 11 is 1.90. The van der Waals surface area contributed by atoms with Crippen molar-refractivity contribution in [3.05, 3.63) is 28.8 Å². The van der Waals surface area contributed by atoms with Gasteiger partial charge < -0.3 is 5.32 Å². The van der Waals surface area contributed by atoms with E-state index in [1.807, 2.05) is 11.3 Å². The number of nitrogens with zero attached hydrogens (tertiary/aromatic N) is 1. The van der Waals surface area contributed by atoms with E-state index in [1.54, 1.807) is 0 Å². The van der Waals surface area contributed by atoms with Gasteiger partial charge >= 0.3 is 0 Å². The highest BCUT2D eigenvalue weighted by Gasteiger charge is 2.34. The fraction of sp³-hybridized carbons (Fsp3) is 0.533. The first-order valence-corrected chi connectivity index (χ1v) is 7.63. The molecule has 1 saturated heterocycles. The average molecular weight is 260 g/mol. The predicted molar refractivity (Wildman–Crippen MR) is 78.4 cm³/mol. The zero-order valence-corrected chi connectivity index (χ0v) is 11.9. The molecule has 1 N–H and O–H groups in total. The minimum Gasteiger partial charge on any atom is -0.317 e. The molecule has 1 aromatic heterocycles. The van der Waals surface area contributed by atoms with Crippen molar-refractivity contribution in [2.24, 2.45) is 0 Å². The summed E-state index contributed by atoms with van der Waals surface area (Å²) < 4.78 is 1.34. The van der Waals surface area contributed by atoms with Crippen LogP contribution in [0.1, 0.15) is 36.8 Å². The summed E-state index contributed by atoms with van der Waals surface area (Å²) in [5.41, 5.74) is 2.81. The minimum absolute atomic E-state index is 0.322. The molecule has 0 bridgehead atoms. The molecule has 0 saturated carbocycles. The van der Waals surface area contributed by atoms with Crippen LogP contribution in [0, 0.1) is 6.92 Å². The zero-order chi connectivity index (χ0) is 12.6. The predicted octanol–water partition coefficient (Wildman–Crippen LogP) is 3.64. The van der Waals surface area contributed by atoms with Crippen LogP contribution in [0.25, 0.3) is 10.2 Å². The Morgan fingerprint density at radius 3 is 2.83 bits per heavy atom. The van der Waals surface area contributed by atoms with Gasteiger partial charge in [0.2, 0.25) is 0 Å². The number of benzene rings is 1. The largest absolute Gasteiger partial charge is 0.317 e. The van der Waals surface area contributed by atoms with Crippen molar-refractivity contribution < 1.29 is 0 Å². The molecule has 1 aromatic carbocycles. The first-order chi connectivity index (χ1) is 8.73. The number of hydrogen-bond acceptors (Lipinski definition) is 3. The monoisotopic (exact) mass is 260 g/mol. The minimum atomic E-state index is 0.322. The third-order valence-electron chi connectivity index (χ3n) is 4.23. The molecule has 0 unspecified atom stereocenters. The molecule has 0 spiro atoms. The number of rotatable bonds is 2. The molecule has 1 fully saturated rings. The lowest BCUT2D eigenvalue weighted by Gasteiger charge is -2.34. The molecule has 18 heavy (non-hydrogen) atoms. The second kappa shape index (κ2) is 4.63. The Kier molecular flexibility index (Phi) is 3.12. The quantitative estimate of drug-likeness (QED) is 0.892. The van der Waals surface area contributed by atoms with Crippen LogP contribution in [0.15, 0.2) is 18.2 Å². The number of thiazole rings is 1. The van der Waals surface area contributed by atoms with Crippen molar-refractivity contribution in [3.8, 4) is 0 Å². The van der Waals surface area contributed by atoms with E-state index in [0.29, 0.717) is 5.41 Å². The van der Waals surface area contributed by atoms with Crippen molar-refractivity contribution >= 4 is 21.6 Å². The third kappa shape index (κ3) is 1.95. The van der Waals surface area contributed by atoms with Gasteiger partial charge in [0, 0.05) is 5.41 Å². The summed E-state index contributed by atoms with van der Waals surface area (Å²) in [4.78, 5) is 4.93. The lowest BCUT2D eigenvalue weighted by Crippen LogP contribution is -2.39. The highest BCUT2D eigenvalue weighted by Crippen LogP contribution is 2.40. The highest BCUT2D eigenvalue weighted by atomic mass is 32.1. The van der Waals surface area contributed by atoms with Crippen molar-refractivity contribution in [2.45, 2.75) is 38.5 Å². The Morgan fingerprint density at radius 1 is 1.33 bits per heavy atom. The van der Waals surface area contributed by atoms with Gasteiger partial charge in [-0.15, -0.1) is 11.3 Å². The molecule has 3 heteroatoms. The number of aryl methyl sites for hydroxylation is 1. The van der Waals surface area contributed by atoms with Gasteiger partial charge in [0.05, 0.1) is 10.2 Å². The first kappa shape index (κ1) is 12.1. The van der Waals surface area contributed by atoms with Gasteiger partial charge in [-0.3, -0.25) is 0 Å². The molecule has 96 valence electrons. The fourth-order valence-corrected chi connectivity index (χ4v) is 4.15. The molecule has 2 nitrogen and oxygen atoms in total. The number of piperidine rings is 1. The molecule has 0 atom stereocenters. The van der Waals surface area contributed by atoms with E-state index >= 15 is 0 Å². The van der Waals surface area contributed by atoms with Crippen LogP contribution in [0.5, 0.6) is 0 Å². The van der Waals surface area contributed by atoms with E-state index in [4.69, 9.17) is 4.98 Å². The molecule has 0 aliphatic carbocycles. The van der Waals surface area contributed by atoms with E-state index in [1.165, 1.54) is 40.1 Å². The van der Waals surface area contributed by atoms with E-state index < -0.39 is 0 Å². The molecule has 1 aliphatic rings. The van der Waals surface area contributed by atoms with E-state index in [-0.39, 0.29) is 0 Å². The normalized spacial score (nSPS) is 19.2. The van der Waals surface area contributed by atoms with Crippen molar-refractivity contribution in [1.29, 1.82) is 0 Å². The summed E-state index contributed by atoms with van der Waals surface area (Å²) in [6.07, 6.45) is 3.65. The lowest BCUT2D eigenvalue weighted by molar-refractivity contribution is 0.297. The molecule has 0 amide bonds. The van der Waals surface area contributed by atoms with Gasteiger partial charge in [-0.25, -0.2) is 4.98 Å². The number of hydrogen-bond donors (Lipinski definition) is 1.